The molecule has 1 heterocycles. The lowest BCUT2D eigenvalue weighted by atomic mass is 9.98. The number of carboxylic acid groups (broad SMARTS) is 1. The van der Waals surface area contributed by atoms with Crippen LogP contribution in [-0.4, -0.2) is 34.5 Å². The Morgan fingerprint density at radius 2 is 1.88 bits per heavy atom. The fourth-order valence-corrected chi connectivity index (χ4v) is 2.40. The third-order valence-electron chi connectivity index (χ3n) is 3.54. The van der Waals surface area contributed by atoms with E-state index in [1.54, 1.807) is 19.1 Å². The number of carboxylic acids is 1. The molecule has 1 amide bonds. The van der Waals surface area contributed by atoms with Gasteiger partial charge in [0.2, 0.25) is 0 Å². The first kappa shape index (κ1) is 17.2. The number of nitrogens with one attached hydrogen (secondary N) is 1. The van der Waals surface area contributed by atoms with Gasteiger partial charge in [-0.05, 0) is 31.2 Å². The van der Waals surface area contributed by atoms with Gasteiger partial charge < -0.3 is 14.3 Å². The first-order valence-electron chi connectivity index (χ1n) is 7.71. The summed E-state index contributed by atoms with van der Waals surface area (Å²) in [4.78, 5) is 39.5. The summed E-state index contributed by atoms with van der Waals surface area (Å²) < 4.78 is 10.1. The number of hydrogen-bond donors (Lipinski definition) is 2. The van der Waals surface area contributed by atoms with Gasteiger partial charge in [0.25, 0.3) is 0 Å². The molecule has 26 heavy (non-hydrogen) atoms. The van der Waals surface area contributed by atoms with Crippen LogP contribution in [0.1, 0.15) is 33.2 Å². The van der Waals surface area contributed by atoms with Gasteiger partial charge in [0, 0.05) is 11.1 Å². The Hall–Kier alpha value is -3.68. The second kappa shape index (κ2) is 7.06. The molecule has 0 aliphatic rings. The van der Waals surface area contributed by atoms with Crippen LogP contribution in [0.3, 0.4) is 0 Å². The average Bonchev–Trinajstić information content (AvgIpc) is 3.02. The molecule has 3 rings (SSSR count). The Morgan fingerprint density at radius 3 is 2.58 bits per heavy atom. The van der Waals surface area contributed by atoms with Gasteiger partial charge in [-0.1, -0.05) is 18.2 Å². The summed E-state index contributed by atoms with van der Waals surface area (Å²) in [6, 6.07) is 10.4. The van der Waals surface area contributed by atoms with Crippen LogP contribution >= 0.6 is 0 Å². The number of aromatic nitrogens is 1. The maximum absolute atomic E-state index is 12.7. The number of carbonyl (C=O) groups is 3. The molecule has 8 nitrogen and oxygen atoms in total. The zero-order valence-corrected chi connectivity index (χ0v) is 13.7. The van der Waals surface area contributed by atoms with E-state index < -0.39 is 17.8 Å². The SMILES string of the molecule is CCOC(=O)Nc1nc2cc(C(=O)c3ccccc3C(=O)O)ccc2o1. The van der Waals surface area contributed by atoms with Crippen molar-refractivity contribution in [3.63, 3.8) is 0 Å². The number of amides is 1. The molecule has 0 bridgehead atoms. The second-order valence-electron chi connectivity index (χ2n) is 5.23. The zero-order chi connectivity index (χ0) is 18.7. The van der Waals surface area contributed by atoms with Crippen molar-refractivity contribution in [3.05, 3.63) is 59.2 Å². The fourth-order valence-electron chi connectivity index (χ4n) is 2.40. The van der Waals surface area contributed by atoms with E-state index in [1.807, 2.05) is 0 Å². The third-order valence-corrected chi connectivity index (χ3v) is 3.54. The van der Waals surface area contributed by atoms with Crippen LogP contribution in [0.2, 0.25) is 0 Å². The van der Waals surface area contributed by atoms with E-state index in [-0.39, 0.29) is 29.3 Å². The summed E-state index contributed by atoms with van der Waals surface area (Å²) in [6.45, 7) is 1.87. The number of fused-ring (bicyclic) bond motifs is 1. The van der Waals surface area contributed by atoms with Crippen LogP contribution in [-0.2, 0) is 4.74 Å². The number of anilines is 1. The lowest BCUT2D eigenvalue weighted by molar-refractivity contribution is 0.0692. The van der Waals surface area contributed by atoms with E-state index >= 15 is 0 Å². The minimum Gasteiger partial charge on any atom is -0.478 e. The van der Waals surface area contributed by atoms with Crippen LogP contribution in [0.15, 0.2) is 46.9 Å². The largest absolute Gasteiger partial charge is 0.478 e. The molecule has 3 aromatic rings. The summed E-state index contributed by atoms with van der Waals surface area (Å²) in [7, 11) is 0. The fraction of sp³-hybridized carbons (Fsp3) is 0.111. The first-order chi connectivity index (χ1) is 12.5. The minimum absolute atomic E-state index is 0.0611. The van der Waals surface area contributed by atoms with Crippen LogP contribution in [0.25, 0.3) is 11.1 Å². The molecule has 0 aliphatic carbocycles. The van der Waals surface area contributed by atoms with Gasteiger partial charge in [-0.25, -0.2) is 14.9 Å². The lowest BCUT2D eigenvalue weighted by Gasteiger charge is -2.04. The van der Waals surface area contributed by atoms with Gasteiger partial charge in [0.15, 0.2) is 11.4 Å². The van der Waals surface area contributed by atoms with Crippen molar-refractivity contribution in [3.8, 4) is 0 Å². The van der Waals surface area contributed by atoms with Gasteiger partial charge in [-0.15, -0.1) is 0 Å². The molecule has 0 aliphatic heterocycles. The van der Waals surface area contributed by atoms with E-state index in [2.05, 4.69) is 10.3 Å². The maximum Gasteiger partial charge on any atom is 0.415 e. The van der Waals surface area contributed by atoms with E-state index in [9.17, 15) is 19.5 Å². The Morgan fingerprint density at radius 1 is 1.15 bits per heavy atom. The molecule has 0 spiro atoms. The highest BCUT2D eigenvalue weighted by molar-refractivity contribution is 6.15. The summed E-state index contributed by atoms with van der Waals surface area (Å²) in [5.41, 5.74) is 0.952. The smallest absolute Gasteiger partial charge is 0.415 e. The lowest BCUT2D eigenvalue weighted by Crippen LogP contribution is -2.13. The van der Waals surface area contributed by atoms with Crippen molar-refractivity contribution in [1.82, 2.24) is 4.98 Å². The molecule has 0 atom stereocenters. The van der Waals surface area contributed by atoms with Crippen molar-refractivity contribution in [2.24, 2.45) is 0 Å². The number of ether oxygens (including phenoxy) is 1. The molecule has 132 valence electrons. The quantitative estimate of drug-likeness (QED) is 0.675. The van der Waals surface area contributed by atoms with Crippen LogP contribution in [0, 0.1) is 0 Å². The highest BCUT2D eigenvalue weighted by Gasteiger charge is 2.19. The van der Waals surface area contributed by atoms with E-state index in [1.165, 1.54) is 30.3 Å². The Balaban J connectivity index is 1.93. The number of carbonyl (C=O) groups excluding carboxylic acids is 2. The highest BCUT2D eigenvalue weighted by Crippen LogP contribution is 2.22. The second-order valence-corrected chi connectivity index (χ2v) is 5.23. The Kier molecular flexibility index (Phi) is 4.66. The van der Waals surface area contributed by atoms with Gasteiger partial charge in [-0.3, -0.25) is 4.79 Å². The molecule has 2 N–H and O–H groups in total. The topological polar surface area (TPSA) is 119 Å². The van der Waals surface area contributed by atoms with Crippen molar-refractivity contribution >= 4 is 35.0 Å². The van der Waals surface area contributed by atoms with E-state index in [0.29, 0.717) is 11.1 Å². The monoisotopic (exact) mass is 354 g/mol. The molecule has 0 fully saturated rings. The van der Waals surface area contributed by atoms with Crippen molar-refractivity contribution in [2.75, 3.05) is 11.9 Å². The first-order valence-corrected chi connectivity index (χ1v) is 7.71. The molecule has 8 heteroatoms. The number of aromatic carboxylic acids is 1. The van der Waals surface area contributed by atoms with Crippen LogP contribution in [0.5, 0.6) is 0 Å². The summed E-state index contributed by atoms with van der Waals surface area (Å²) in [5, 5.41) is 11.6. The average molecular weight is 354 g/mol. The summed E-state index contributed by atoms with van der Waals surface area (Å²) >= 11 is 0. The Bertz CT molecular complexity index is 1010. The highest BCUT2D eigenvalue weighted by atomic mass is 16.5. The van der Waals surface area contributed by atoms with Gasteiger partial charge >= 0.3 is 18.1 Å². The predicted octanol–water partition coefficient (Wildman–Crippen LogP) is 3.33. The number of ketones is 1. The standard InChI is InChI=1S/C18H14N2O6/c1-2-25-18(24)20-17-19-13-9-10(7-8-14(13)26-17)15(21)11-5-3-4-6-12(11)16(22)23/h3-9H,2H2,1H3,(H,22,23)(H,19,20,24). The minimum atomic E-state index is -1.18. The number of oxazole rings is 1. The van der Waals surface area contributed by atoms with Gasteiger partial charge in [0.05, 0.1) is 12.2 Å². The van der Waals surface area contributed by atoms with Crippen LogP contribution in [0.4, 0.5) is 10.8 Å². The van der Waals surface area contributed by atoms with Gasteiger partial charge in [-0.2, -0.15) is 4.98 Å². The van der Waals surface area contributed by atoms with Crippen LogP contribution < -0.4 is 5.32 Å². The molecule has 0 unspecified atom stereocenters. The van der Waals surface area contributed by atoms with Crippen molar-refractivity contribution in [2.45, 2.75) is 6.92 Å². The normalized spacial score (nSPS) is 10.5. The van der Waals surface area contributed by atoms with Gasteiger partial charge in [0.1, 0.15) is 5.52 Å². The molecule has 0 saturated heterocycles. The Labute approximate surface area is 147 Å². The zero-order valence-electron chi connectivity index (χ0n) is 13.7. The molecular formula is C18H14N2O6. The molecule has 1 aromatic heterocycles. The number of nitrogens with zero attached hydrogens (tertiary/aromatic N) is 1. The van der Waals surface area contributed by atoms with E-state index in [0.717, 1.165) is 0 Å². The summed E-state index contributed by atoms with van der Waals surface area (Å²) in [5.74, 6) is -1.63. The summed E-state index contributed by atoms with van der Waals surface area (Å²) in [6.07, 6.45) is -0.703. The number of benzene rings is 2. The molecule has 0 saturated carbocycles. The van der Waals surface area contributed by atoms with Crippen molar-refractivity contribution in [1.29, 1.82) is 0 Å². The molecule has 0 radical (unpaired) electrons. The molecular weight excluding hydrogens is 340 g/mol. The number of rotatable bonds is 5. The third kappa shape index (κ3) is 3.39. The van der Waals surface area contributed by atoms with E-state index in [4.69, 9.17) is 9.15 Å². The molecule has 2 aromatic carbocycles. The maximum atomic E-state index is 12.7. The predicted molar refractivity (Wildman–Crippen MR) is 91.5 cm³/mol. The number of hydrogen-bond acceptors (Lipinski definition) is 6. The van der Waals surface area contributed by atoms with Crippen molar-refractivity contribution < 1.29 is 28.6 Å².